The molecule has 0 aliphatic carbocycles. The van der Waals surface area contributed by atoms with Gasteiger partial charge in [-0.15, -0.1) is 0 Å². The molecule has 2 N–H and O–H groups in total. The van der Waals surface area contributed by atoms with Crippen molar-refractivity contribution in [3.8, 4) is 5.75 Å². The summed E-state index contributed by atoms with van der Waals surface area (Å²) in [6.45, 7) is 2.21. The van der Waals surface area contributed by atoms with Crippen LogP contribution in [0.25, 0.3) is 10.8 Å². The van der Waals surface area contributed by atoms with Gasteiger partial charge in [0.2, 0.25) is 0 Å². The molecule has 0 aromatic heterocycles. The molecule has 2 amide bonds. The predicted molar refractivity (Wildman–Crippen MR) is 120 cm³/mol. The SMILES string of the molecule is COc1ccc(C)cc1NC(=O)C(=O)NC[C@H](c1cccc2ccccc12)N(C)C. The summed E-state index contributed by atoms with van der Waals surface area (Å²) in [4.78, 5) is 26.9. The van der Waals surface area contributed by atoms with Gasteiger partial charge in [-0.25, -0.2) is 0 Å². The molecule has 30 heavy (non-hydrogen) atoms. The second kappa shape index (κ2) is 9.41. The van der Waals surface area contributed by atoms with Crippen molar-refractivity contribution < 1.29 is 14.3 Å². The van der Waals surface area contributed by atoms with Crippen molar-refractivity contribution in [2.75, 3.05) is 33.1 Å². The molecule has 0 bridgehead atoms. The number of nitrogens with zero attached hydrogens (tertiary/aromatic N) is 1. The Bertz CT molecular complexity index is 1060. The van der Waals surface area contributed by atoms with Gasteiger partial charge in [0.05, 0.1) is 18.8 Å². The monoisotopic (exact) mass is 405 g/mol. The number of hydrogen-bond donors (Lipinski definition) is 2. The van der Waals surface area contributed by atoms with Crippen LogP contribution in [-0.2, 0) is 9.59 Å². The van der Waals surface area contributed by atoms with Crippen molar-refractivity contribution in [2.24, 2.45) is 0 Å². The fraction of sp³-hybridized carbons (Fsp3) is 0.250. The van der Waals surface area contributed by atoms with E-state index in [-0.39, 0.29) is 6.04 Å². The molecule has 0 aliphatic heterocycles. The van der Waals surface area contributed by atoms with Crippen LogP contribution in [-0.4, -0.2) is 44.5 Å². The number of rotatable bonds is 6. The molecule has 0 radical (unpaired) electrons. The first-order valence-corrected chi connectivity index (χ1v) is 9.78. The van der Waals surface area contributed by atoms with Crippen LogP contribution in [0, 0.1) is 6.92 Å². The number of carbonyl (C=O) groups is 2. The quantitative estimate of drug-likeness (QED) is 0.616. The highest BCUT2D eigenvalue weighted by Gasteiger charge is 2.21. The van der Waals surface area contributed by atoms with Crippen LogP contribution in [0.15, 0.2) is 60.7 Å². The number of anilines is 1. The van der Waals surface area contributed by atoms with Gasteiger partial charge in [-0.3, -0.25) is 9.59 Å². The summed E-state index contributed by atoms with van der Waals surface area (Å²) in [5.41, 5.74) is 2.52. The number of fused-ring (bicyclic) bond motifs is 1. The Balaban J connectivity index is 1.73. The van der Waals surface area contributed by atoms with Gasteiger partial charge < -0.3 is 20.3 Å². The highest BCUT2D eigenvalue weighted by molar-refractivity contribution is 6.39. The summed E-state index contributed by atoms with van der Waals surface area (Å²) in [6, 6.07) is 19.6. The number of aryl methyl sites for hydroxylation is 1. The third kappa shape index (κ3) is 4.78. The normalized spacial score (nSPS) is 11.9. The molecule has 0 saturated carbocycles. The number of carbonyl (C=O) groups excluding carboxylic acids is 2. The zero-order chi connectivity index (χ0) is 21.7. The minimum atomic E-state index is -0.727. The number of likely N-dealkylation sites (N-methyl/N-ethyl adjacent to an activating group) is 1. The number of ether oxygens (including phenoxy) is 1. The molecule has 3 aromatic carbocycles. The molecule has 156 valence electrons. The number of nitrogens with one attached hydrogen (secondary N) is 2. The van der Waals surface area contributed by atoms with Crippen LogP contribution >= 0.6 is 0 Å². The Morgan fingerprint density at radius 3 is 2.47 bits per heavy atom. The van der Waals surface area contributed by atoms with Crippen molar-refractivity contribution in [3.63, 3.8) is 0 Å². The molecule has 3 aromatic rings. The predicted octanol–water partition coefficient (Wildman–Crippen LogP) is 3.51. The summed E-state index contributed by atoms with van der Waals surface area (Å²) in [5.74, 6) is -0.913. The highest BCUT2D eigenvalue weighted by atomic mass is 16.5. The summed E-state index contributed by atoms with van der Waals surface area (Å²) in [7, 11) is 5.43. The maximum absolute atomic E-state index is 12.5. The van der Waals surface area contributed by atoms with Crippen LogP contribution in [0.1, 0.15) is 17.2 Å². The van der Waals surface area contributed by atoms with Gasteiger partial charge in [-0.1, -0.05) is 48.5 Å². The lowest BCUT2D eigenvalue weighted by Gasteiger charge is -2.26. The maximum atomic E-state index is 12.5. The van der Waals surface area contributed by atoms with Crippen LogP contribution < -0.4 is 15.4 Å². The first-order chi connectivity index (χ1) is 14.4. The van der Waals surface area contributed by atoms with E-state index in [9.17, 15) is 9.59 Å². The largest absolute Gasteiger partial charge is 0.495 e. The molecule has 0 unspecified atom stereocenters. The molecule has 0 saturated heterocycles. The second-order valence-electron chi connectivity index (χ2n) is 7.42. The number of hydrogen-bond acceptors (Lipinski definition) is 4. The van der Waals surface area contributed by atoms with E-state index in [0.29, 0.717) is 18.0 Å². The van der Waals surface area contributed by atoms with Crippen molar-refractivity contribution >= 4 is 28.3 Å². The third-order valence-electron chi connectivity index (χ3n) is 5.07. The van der Waals surface area contributed by atoms with Gasteiger partial charge in [0.15, 0.2) is 0 Å². The Labute approximate surface area is 176 Å². The summed E-state index contributed by atoms with van der Waals surface area (Å²) in [5, 5.41) is 7.66. The summed E-state index contributed by atoms with van der Waals surface area (Å²) >= 11 is 0. The fourth-order valence-corrected chi connectivity index (χ4v) is 3.48. The molecule has 0 spiro atoms. The van der Waals surface area contributed by atoms with E-state index in [1.165, 1.54) is 7.11 Å². The first-order valence-electron chi connectivity index (χ1n) is 9.78. The molecule has 3 rings (SSSR count). The smallest absolute Gasteiger partial charge is 0.313 e. The van der Waals surface area contributed by atoms with Crippen LogP contribution in [0.2, 0.25) is 0 Å². The van der Waals surface area contributed by atoms with E-state index in [1.54, 1.807) is 12.1 Å². The van der Waals surface area contributed by atoms with Crippen molar-refractivity contribution in [3.05, 3.63) is 71.8 Å². The van der Waals surface area contributed by atoms with Crippen LogP contribution in [0.5, 0.6) is 5.75 Å². The lowest BCUT2D eigenvalue weighted by Crippen LogP contribution is -2.40. The summed E-state index contributed by atoms with van der Waals surface area (Å²) < 4.78 is 5.26. The number of methoxy groups -OCH3 is 1. The lowest BCUT2D eigenvalue weighted by molar-refractivity contribution is -0.136. The average molecular weight is 405 g/mol. The van der Waals surface area contributed by atoms with Crippen molar-refractivity contribution in [1.29, 1.82) is 0 Å². The van der Waals surface area contributed by atoms with Crippen LogP contribution in [0.3, 0.4) is 0 Å². The third-order valence-corrected chi connectivity index (χ3v) is 5.07. The topological polar surface area (TPSA) is 70.7 Å². The molecular weight excluding hydrogens is 378 g/mol. The molecule has 0 heterocycles. The molecule has 6 nitrogen and oxygen atoms in total. The zero-order valence-corrected chi connectivity index (χ0v) is 17.7. The van der Waals surface area contributed by atoms with E-state index in [0.717, 1.165) is 21.9 Å². The van der Waals surface area contributed by atoms with Crippen molar-refractivity contribution in [1.82, 2.24) is 10.2 Å². The Kier molecular flexibility index (Phi) is 6.69. The lowest BCUT2D eigenvalue weighted by atomic mass is 9.98. The second-order valence-corrected chi connectivity index (χ2v) is 7.42. The van der Waals surface area contributed by atoms with E-state index in [2.05, 4.69) is 34.9 Å². The van der Waals surface area contributed by atoms with Crippen LogP contribution in [0.4, 0.5) is 5.69 Å². The van der Waals surface area contributed by atoms with Crippen molar-refractivity contribution in [2.45, 2.75) is 13.0 Å². The van der Waals surface area contributed by atoms with Gasteiger partial charge in [0.1, 0.15) is 5.75 Å². The number of benzene rings is 3. The zero-order valence-electron chi connectivity index (χ0n) is 17.7. The molecule has 1 atom stereocenters. The minimum Gasteiger partial charge on any atom is -0.495 e. The van der Waals surface area contributed by atoms with E-state index in [4.69, 9.17) is 4.74 Å². The first kappa shape index (κ1) is 21.3. The standard InChI is InChI=1S/C24H27N3O3/c1-16-12-13-22(30-4)20(14-16)26-24(29)23(28)25-15-21(27(2)3)19-11-7-9-17-8-5-6-10-18(17)19/h5-14,21H,15H2,1-4H3,(H,25,28)(H,26,29)/t21-/m1/s1. The van der Waals surface area contributed by atoms with E-state index in [1.807, 2.05) is 50.2 Å². The van der Waals surface area contributed by atoms with E-state index < -0.39 is 11.8 Å². The Morgan fingerprint density at radius 1 is 1.00 bits per heavy atom. The van der Waals surface area contributed by atoms with Gasteiger partial charge in [-0.05, 0) is 55.1 Å². The maximum Gasteiger partial charge on any atom is 0.313 e. The van der Waals surface area contributed by atoms with E-state index >= 15 is 0 Å². The molecule has 0 fully saturated rings. The average Bonchev–Trinajstić information content (AvgIpc) is 2.73. The number of amides is 2. The van der Waals surface area contributed by atoms with Gasteiger partial charge in [0.25, 0.3) is 0 Å². The Hall–Kier alpha value is -3.38. The molecular formula is C24H27N3O3. The van der Waals surface area contributed by atoms with Gasteiger partial charge in [0, 0.05) is 6.54 Å². The molecule has 0 aliphatic rings. The fourth-order valence-electron chi connectivity index (χ4n) is 3.48. The minimum absolute atomic E-state index is 0.0821. The molecule has 6 heteroatoms. The highest BCUT2D eigenvalue weighted by Crippen LogP contribution is 2.27. The Morgan fingerprint density at radius 2 is 1.73 bits per heavy atom. The van der Waals surface area contributed by atoms with Gasteiger partial charge >= 0.3 is 11.8 Å². The van der Waals surface area contributed by atoms with Gasteiger partial charge in [-0.2, -0.15) is 0 Å². The summed E-state index contributed by atoms with van der Waals surface area (Å²) in [6.07, 6.45) is 0.